The van der Waals surface area contributed by atoms with Gasteiger partial charge in [0, 0.05) is 6.20 Å². The number of benzene rings is 1. The second kappa shape index (κ2) is 7.40. The van der Waals surface area contributed by atoms with Crippen LogP contribution in [-0.4, -0.2) is 20.0 Å². The van der Waals surface area contributed by atoms with E-state index in [0.717, 1.165) is 0 Å². The highest BCUT2D eigenvalue weighted by molar-refractivity contribution is 7.92. The molecule has 2 aromatic heterocycles. The van der Waals surface area contributed by atoms with Crippen LogP contribution in [0.15, 0.2) is 76.4 Å². The molecular weight excluding hydrogens is 340 g/mol. The monoisotopic (exact) mass is 358 g/mol. The van der Waals surface area contributed by atoms with Gasteiger partial charge in [0.15, 0.2) is 0 Å². The first-order valence-electron chi connectivity index (χ1n) is 7.80. The van der Waals surface area contributed by atoms with Crippen LogP contribution in [0, 0.1) is 0 Å². The number of aromatic nitrogens is 1. The van der Waals surface area contributed by atoms with E-state index in [4.69, 9.17) is 9.15 Å². The Bertz CT molecular complexity index is 892. The van der Waals surface area contributed by atoms with E-state index in [9.17, 15) is 8.42 Å². The highest BCUT2D eigenvalue weighted by Gasteiger charge is 2.27. The lowest BCUT2D eigenvalue weighted by Crippen LogP contribution is -2.31. The zero-order valence-electron chi connectivity index (χ0n) is 13.7. The van der Waals surface area contributed by atoms with Crippen LogP contribution in [-0.2, 0) is 16.6 Å². The van der Waals surface area contributed by atoms with Crippen LogP contribution in [0.25, 0.3) is 0 Å². The molecular formula is C18H18N2O4S. The van der Waals surface area contributed by atoms with Gasteiger partial charge in [0.2, 0.25) is 0 Å². The molecule has 130 valence electrons. The van der Waals surface area contributed by atoms with Gasteiger partial charge in [-0.15, -0.1) is 0 Å². The van der Waals surface area contributed by atoms with Crippen LogP contribution in [0.4, 0.5) is 5.82 Å². The fraction of sp³-hybridized carbons (Fsp3) is 0.167. The van der Waals surface area contributed by atoms with E-state index < -0.39 is 10.0 Å². The van der Waals surface area contributed by atoms with Crippen molar-refractivity contribution in [3.63, 3.8) is 0 Å². The summed E-state index contributed by atoms with van der Waals surface area (Å²) in [5, 5.41) is 0. The average Bonchev–Trinajstić information content (AvgIpc) is 3.14. The number of anilines is 1. The Morgan fingerprint density at radius 3 is 2.48 bits per heavy atom. The SMILES string of the molecule is CCOc1ccc(S(=O)(=O)N(Cc2ccco2)c2ccccn2)cc1. The van der Waals surface area contributed by atoms with E-state index in [-0.39, 0.29) is 11.4 Å². The van der Waals surface area contributed by atoms with Crippen molar-refractivity contribution < 1.29 is 17.6 Å². The molecule has 0 saturated carbocycles. The first-order valence-corrected chi connectivity index (χ1v) is 9.24. The minimum atomic E-state index is -3.81. The van der Waals surface area contributed by atoms with E-state index in [1.807, 2.05) is 6.92 Å². The van der Waals surface area contributed by atoms with Gasteiger partial charge in [-0.2, -0.15) is 0 Å². The zero-order valence-corrected chi connectivity index (χ0v) is 14.5. The third-order valence-electron chi connectivity index (χ3n) is 3.51. The highest BCUT2D eigenvalue weighted by atomic mass is 32.2. The van der Waals surface area contributed by atoms with Crippen LogP contribution in [0.2, 0.25) is 0 Å². The number of furan rings is 1. The van der Waals surface area contributed by atoms with E-state index in [2.05, 4.69) is 4.98 Å². The summed E-state index contributed by atoms with van der Waals surface area (Å²) in [4.78, 5) is 4.34. The van der Waals surface area contributed by atoms with Crippen LogP contribution in [0.1, 0.15) is 12.7 Å². The molecule has 0 aliphatic heterocycles. The van der Waals surface area contributed by atoms with Crippen LogP contribution >= 0.6 is 0 Å². The maximum Gasteiger partial charge on any atom is 0.265 e. The van der Waals surface area contributed by atoms with Gasteiger partial charge in [0.1, 0.15) is 17.3 Å². The summed E-state index contributed by atoms with van der Waals surface area (Å²) >= 11 is 0. The molecule has 2 heterocycles. The van der Waals surface area contributed by atoms with Gasteiger partial charge < -0.3 is 9.15 Å². The molecule has 0 aliphatic carbocycles. The summed E-state index contributed by atoms with van der Waals surface area (Å²) in [5.74, 6) is 1.48. The average molecular weight is 358 g/mol. The van der Waals surface area contributed by atoms with Crippen molar-refractivity contribution in [2.24, 2.45) is 0 Å². The molecule has 6 nitrogen and oxygen atoms in total. The second-order valence-corrected chi connectivity index (χ2v) is 7.05. The van der Waals surface area contributed by atoms with Crippen molar-refractivity contribution in [2.45, 2.75) is 18.4 Å². The van der Waals surface area contributed by atoms with E-state index in [1.165, 1.54) is 22.7 Å². The molecule has 7 heteroatoms. The third kappa shape index (κ3) is 3.83. The first kappa shape index (κ1) is 17.0. The largest absolute Gasteiger partial charge is 0.494 e. The molecule has 0 atom stereocenters. The number of sulfonamides is 1. The van der Waals surface area contributed by atoms with Crippen LogP contribution < -0.4 is 9.04 Å². The number of nitrogens with zero attached hydrogens (tertiary/aromatic N) is 2. The normalized spacial score (nSPS) is 11.2. The number of hydrogen-bond donors (Lipinski definition) is 0. The Balaban J connectivity index is 1.98. The Kier molecular flexibility index (Phi) is 5.04. The van der Waals surface area contributed by atoms with Crippen LogP contribution in [0.5, 0.6) is 5.75 Å². The van der Waals surface area contributed by atoms with Crippen LogP contribution in [0.3, 0.4) is 0 Å². The zero-order chi connectivity index (χ0) is 17.7. The molecule has 0 saturated heterocycles. The standard InChI is InChI=1S/C18H18N2O4S/c1-2-23-15-8-10-17(11-9-15)25(21,22)20(14-16-6-5-13-24-16)18-7-3-4-12-19-18/h3-13H,2,14H2,1H3. The summed E-state index contributed by atoms with van der Waals surface area (Å²) in [6.45, 7) is 2.45. The molecule has 0 radical (unpaired) electrons. The van der Waals surface area contributed by atoms with E-state index in [1.54, 1.807) is 48.7 Å². The predicted molar refractivity (Wildman–Crippen MR) is 93.9 cm³/mol. The Morgan fingerprint density at radius 1 is 1.08 bits per heavy atom. The number of hydrogen-bond acceptors (Lipinski definition) is 5. The highest BCUT2D eigenvalue weighted by Crippen LogP contribution is 2.25. The fourth-order valence-corrected chi connectivity index (χ4v) is 3.72. The van der Waals surface area contributed by atoms with Gasteiger partial charge in [0.05, 0.1) is 24.3 Å². The second-order valence-electron chi connectivity index (χ2n) is 5.18. The summed E-state index contributed by atoms with van der Waals surface area (Å²) in [6, 6.07) is 14.9. The molecule has 0 spiro atoms. The maximum absolute atomic E-state index is 13.1. The molecule has 3 rings (SSSR count). The molecule has 25 heavy (non-hydrogen) atoms. The predicted octanol–water partition coefficient (Wildman–Crippen LogP) is 3.47. The first-order chi connectivity index (χ1) is 12.1. The van der Waals surface area contributed by atoms with Crippen molar-refractivity contribution in [1.29, 1.82) is 0 Å². The lowest BCUT2D eigenvalue weighted by atomic mass is 10.3. The van der Waals surface area contributed by atoms with Gasteiger partial charge in [-0.25, -0.2) is 17.7 Å². The quantitative estimate of drug-likeness (QED) is 0.647. The van der Waals surface area contributed by atoms with Gasteiger partial charge >= 0.3 is 0 Å². The molecule has 0 bridgehead atoms. The number of ether oxygens (including phenoxy) is 1. The smallest absolute Gasteiger partial charge is 0.265 e. The lowest BCUT2D eigenvalue weighted by molar-refractivity contribution is 0.340. The van der Waals surface area contributed by atoms with Gasteiger partial charge in [-0.1, -0.05) is 6.07 Å². The van der Waals surface area contributed by atoms with Gasteiger partial charge in [-0.3, -0.25) is 0 Å². The molecule has 1 aromatic carbocycles. The Morgan fingerprint density at radius 2 is 1.88 bits per heavy atom. The Hall–Kier alpha value is -2.80. The van der Waals surface area contributed by atoms with E-state index >= 15 is 0 Å². The Labute approximate surface area is 146 Å². The summed E-state index contributed by atoms with van der Waals surface area (Å²) in [7, 11) is -3.81. The minimum Gasteiger partial charge on any atom is -0.494 e. The molecule has 0 aliphatic rings. The van der Waals surface area contributed by atoms with Crippen molar-refractivity contribution in [1.82, 2.24) is 4.98 Å². The van der Waals surface area contributed by atoms with Crippen molar-refractivity contribution in [3.8, 4) is 5.75 Å². The van der Waals surface area contributed by atoms with Gasteiger partial charge in [0.25, 0.3) is 10.0 Å². The number of pyridine rings is 1. The molecule has 0 unspecified atom stereocenters. The van der Waals surface area contributed by atoms with Crippen molar-refractivity contribution in [3.05, 3.63) is 72.8 Å². The summed E-state index contributed by atoms with van der Waals surface area (Å²) < 4.78 is 38.2. The van der Waals surface area contributed by atoms with Crippen molar-refractivity contribution in [2.75, 3.05) is 10.9 Å². The van der Waals surface area contributed by atoms with Crippen molar-refractivity contribution >= 4 is 15.8 Å². The summed E-state index contributed by atoms with van der Waals surface area (Å²) in [5.41, 5.74) is 0. The third-order valence-corrected chi connectivity index (χ3v) is 5.27. The van der Waals surface area contributed by atoms with E-state index in [0.29, 0.717) is 23.9 Å². The molecule has 0 N–H and O–H groups in total. The van der Waals surface area contributed by atoms with Gasteiger partial charge in [-0.05, 0) is 55.5 Å². The fourth-order valence-electron chi connectivity index (χ4n) is 2.34. The molecule has 3 aromatic rings. The summed E-state index contributed by atoms with van der Waals surface area (Å²) in [6.07, 6.45) is 3.06. The topological polar surface area (TPSA) is 72.6 Å². The number of rotatable bonds is 7. The minimum absolute atomic E-state index is 0.0551. The molecule has 0 fully saturated rings. The molecule has 0 amide bonds. The maximum atomic E-state index is 13.1. The lowest BCUT2D eigenvalue weighted by Gasteiger charge is -2.22.